The lowest BCUT2D eigenvalue weighted by Crippen LogP contribution is -2.30. The Morgan fingerprint density at radius 3 is 2.88 bits per heavy atom. The largest absolute Gasteiger partial charge is 0.487 e. The summed E-state index contributed by atoms with van der Waals surface area (Å²) in [6.07, 6.45) is 0.919. The second kappa shape index (κ2) is 10.7. The number of hydrogen-bond acceptors (Lipinski definition) is 5. The first-order valence-corrected chi connectivity index (χ1v) is 8.19. The van der Waals surface area contributed by atoms with Gasteiger partial charge in [-0.2, -0.15) is 0 Å². The SMILES string of the molecule is CCOCCOc1c(Cl)cccc1NC(=O)[C@@H]1CC[C@H](CN)O1.Cl. The molecule has 0 aromatic heterocycles. The van der Waals surface area contributed by atoms with E-state index in [0.717, 1.165) is 6.42 Å². The summed E-state index contributed by atoms with van der Waals surface area (Å²) in [5.74, 6) is 0.230. The summed E-state index contributed by atoms with van der Waals surface area (Å²) in [6.45, 7) is 3.77. The van der Waals surface area contributed by atoms with Crippen molar-refractivity contribution in [2.75, 3.05) is 31.7 Å². The van der Waals surface area contributed by atoms with E-state index in [1.54, 1.807) is 18.2 Å². The van der Waals surface area contributed by atoms with E-state index in [1.165, 1.54) is 0 Å². The minimum atomic E-state index is -0.487. The molecular formula is C16H24Cl2N2O4. The van der Waals surface area contributed by atoms with Gasteiger partial charge in [0.1, 0.15) is 12.7 Å². The first-order chi connectivity index (χ1) is 11.2. The van der Waals surface area contributed by atoms with Gasteiger partial charge in [0.15, 0.2) is 5.75 Å². The lowest BCUT2D eigenvalue weighted by molar-refractivity contribution is -0.126. The Morgan fingerprint density at radius 2 is 2.21 bits per heavy atom. The van der Waals surface area contributed by atoms with Crippen LogP contribution in [0.5, 0.6) is 5.75 Å². The number of ether oxygens (including phenoxy) is 3. The topological polar surface area (TPSA) is 82.8 Å². The molecule has 136 valence electrons. The molecule has 3 N–H and O–H groups in total. The fourth-order valence-corrected chi connectivity index (χ4v) is 2.62. The van der Waals surface area contributed by atoms with Crippen LogP contribution in [0.25, 0.3) is 0 Å². The van der Waals surface area contributed by atoms with Crippen molar-refractivity contribution in [2.24, 2.45) is 5.73 Å². The van der Waals surface area contributed by atoms with Crippen molar-refractivity contribution < 1.29 is 19.0 Å². The number of nitrogens with one attached hydrogen (secondary N) is 1. The maximum atomic E-state index is 12.3. The number of para-hydroxylation sites is 1. The number of carbonyl (C=O) groups excluding carboxylic acids is 1. The number of halogens is 2. The molecule has 0 radical (unpaired) electrons. The Bertz CT molecular complexity index is 531. The van der Waals surface area contributed by atoms with Crippen molar-refractivity contribution in [2.45, 2.75) is 32.0 Å². The van der Waals surface area contributed by atoms with Gasteiger partial charge in [0, 0.05) is 13.2 Å². The van der Waals surface area contributed by atoms with Crippen molar-refractivity contribution in [3.8, 4) is 5.75 Å². The highest BCUT2D eigenvalue weighted by molar-refractivity contribution is 6.32. The fourth-order valence-electron chi connectivity index (χ4n) is 2.39. The molecule has 0 unspecified atom stereocenters. The molecule has 1 saturated heterocycles. The first-order valence-electron chi connectivity index (χ1n) is 7.81. The Kier molecular flexibility index (Phi) is 9.39. The molecule has 1 aromatic rings. The van der Waals surface area contributed by atoms with Crippen LogP contribution in [0.3, 0.4) is 0 Å². The zero-order valence-corrected chi connectivity index (χ0v) is 15.2. The first kappa shape index (κ1) is 21.0. The number of carbonyl (C=O) groups is 1. The molecule has 0 spiro atoms. The van der Waals surface area contributed by atoms with Crippen LogP contribution in [0.4, 0.5) is 5.69 Å². The number of hydrogen-bond donors (Lipinski definition) is 2. The molecule has 1 aliphatic rings. The van der Waals surface area contributed by atoms with Crippen LogP contribution in [0.15, 0.2) is 18.2 Å². The molecule has 24 heavy (non-hydrogen) atoms. The summed E-state index contributed by atoms with van der Waals surface area (Å²) < 4.78 is 16.5. The van der Waals surface area contributed by atoms with E-state index in [1.807, 2.05) is 6.92 Å². The van der Waals surface area contributed by atoms with E-state index in [9.17, 15) is 4.79 Å². The number of nitrogens with two attached hydrogens (primary N) is 1. The third-order valence-electron chi connectivity index (χ3n) is 3.57. The molecule has 0 saturated carbocycles. The van der Waals surface area contributed by atoms with Gasteiger partial charge in [-0.05, 0) is 31.9 Å². The normalized spacial score (nSPS) is 19.6. The van der Waals surface area contributed by atoms with Crippen molar-refractivity contribution in [1.82, 2.24) is 0 Å². The van der Waals surface area contributed by atoms with Crippen LogP contribution in [0.1, 0.15) is 19.8 Å². The second-order valence-corrected chi connectivity index (χ2v) is 5.62. The van der Waals surface area contributed by atoms with Crippen LogP contribution < -0.4 is 15.8 Å². The number of anilines is 1. The van der Waals surface area contributed by atoms with E-state index >= 15 is 0 Å². The molecule has 0 bridgehead atoms. The smallest absolute Gasteiger partial charge is 0.253 e. The van der Waals surface area contributed by atoms with Gasteiger partial charge in [-0.3, -0.25) is 4.79 Å². The molecule has 8 heteroatoms. The monoisotopic (exact) mass is 378 g/mol. The third kappa shape index (κ3) is 5.79. The fraction of sp³-hybridized carbons (Fsp3) is 0.562. The molecule has 0 aliphatic carbocycles. The van der Waals surface area contributed by atoms with Crippen molar-refractivity contribution in [3.63, 3.8) is 0 Å². The minimum absolute atomic E-state index is 0. The summed E-state index contributed by atoms with van der Waals surface area (Å²) in [6, 6.07) is 5.21. The van der Waals surface area contributed by atoms with Gasteiger partial charge in [0.25, 0.3) is 5.91 Å². The Morgan fingerprint density at radius 1 is 1.42 bits per heavy atom. The van der Waals surface area contributed by atoms with Gasteiger partial charge in [-0.15, -0.1) is 12.4 Å². The predicted octanol–water partition coefficient (Wildman–Crippen LogP) is 2.62. The van der Waals surface area contributed by atoms with Gasteiger partial charge in [0.2, 0.25) is 0 Å². The number of amides is 1. The summed E-state index contributed by atoms with van der Waals surface area (Å²) in [5, 5.41) is 3.26. The standard InChI is InChI=1S/C16H23ClN2O4.ClH/c1-2-21-8-9-22-15-12(17)4-3-5-13(15)19-16(20)14-7-6-11(10-18)23-14;/h3-5,11,14H,2,6-10,18H2,1H3,(H,19,20);1H/t11-,14+;/m1./s1. The molecule has 1 amide bonds. The Hall–Kier alpha value is -1.05. The summed E-state index contributed by atoms with van der Waals surface area (Å²) >= 11 is 6.17. The molecule has 1 heterocycles. The van der Waals surface area contributed by atoms with Crippen LogP contribution in [0.2, 0.25) is 5.02 Å². The second-order valence-electron chi connectivity index (χ2n) is 5.21. The highest BCUT2D eigenvalue weighted by Crippen LogP contribution is 2.33. The average molecular weight is 379 g/mol. The van der Waals surface area contributed by atoms with Gasteiger partial charge in [-0.25, -0.2) is 0 Å². The van der Waals surface area contributed by atoms with E-state index < -0.39 is 6.10 Å². The molecular weight excluding hydrogens is 355 g/mol. The van der Waals surface area contributed by atoms with E-state index in [0.29, 0.717) is 49.2 Å². The van der Waals surface area contributed by atoms with Crippen LogP contribution in [-0.4, -0.2) is 44.5 Å². The van der Waals surface area contributed by atoms with Gasteiger partial charge >= 0.3 is 0 Å². The number of benzene rings is 1. The predicted molar refractivity (Wildman–Crippen MR) is 96.3 cm³/mol. The third-order valence-corrected chi connectivity index (χ3v) is 3.86. The molecule has 1 aromatic carbocycles. The Labute approximate surface area is 153 Å². The highest BCUT2D eigenvalue weighted by Gasteiger charge is 2.30. The molecule has 2 rings (SSSR count). The number of rotatable bonds is 8. The minimum Gasteiger partial charge on any atom is -0.487 e. The highest BCUT2D eigenvalue weighted by atomic mass is 35.5. The lowest BCUT2D eigenvalue weighted by atomic mass is 10.2. The van der Waals surface area contributed by atoms with Crippen molar-refractivity contribution in [3.05, 3.63) is 23.2 Å². The van der Waals surface area contributed by atoms with Gasteiger partial charge < -0.3 is 25.3 Å². The molecule has 2 atom stereocenters. The molecule has 6 nitrogen and oxygen atoms in total. The molecule has 1 aliphatic heterocycles. The van der Waals surface area contributed by atoms with Crippen LogP contribution >= 0.6 is 24.0 Å². The van der Waals surface area contributed by atoms with E-state index in [-0.39, 0.29) is 24.4 Å². The van der Waals surface area contributed by atoms with Crippen molar-refractivity contribution in [1.29, 1.82) is 0 Å². The lowest BCUT2D eigenvalue weighted by Gasteiger charge is -2.16. The quantitative estimate of drug-likeness (QED) is 0.679. The Balaban J connectivity index is 0.00000288. The maximum absolute atomic E-state index is 12.3. The summed E-state index contributed by atoms with van der Waals surface area (Å²) in [7, 11) is 0. The summed E-state index contributed by atoms with van der Waals surface area (Å²) in [5.41, 5.74) is 6.09. The van der Waals surface area contributed by atoms with E-state index in [4.69, 9.17) is 31.5 Å². The maximum Gasteiger partial charge on any atom is 0.253 e. The van der Waals surface area contributed by atoms with Gasteiger partial charge in [-0.1, -0.05) is 17.7 Å². The average Bonchev–Trinajstić information content (AvgIpc) is 3.03. The van der Waals surface area contributed by atoms with Gasteiger partial charge in [0.05, 0.1) is 23.4 Å². The zero-order valence-electron chi connectivity index (χ0n) is 13.6. The zero-order chi connectivity index (χ0) is 16.7. The van der Waals surface area contributed by atoms with Crippen LogP contribution in [-0.2, 0) is 14.3 Å². The molecule has 1 fully saturated rings. The van der Waals surface area contributed by atoms with Crippen LogP contribution in [0, 0.1) is 0 Å². The van der Waals surface area contributed by atoms with Crippen molar-refractivity contribution >= 4 is 35.6 Å². The van der Waals surface area contributed by atoms with E-state index in [2.05, 4.69) is 5.32 Å². The summed E-state index contributed by atoms with van der Waals surface area (Å²) in [4.78, 5) is 12.3.